The predicted molar refractivity (Wildman–Crippen MR) is 78.8 cm³/mol. The number of hydrogen-bond donors (Lipinski definition) is 2. The standard InChI is InChI=1S/C15H22N2O3/c1-4-5-14(18)17-13-8-6-12(7-9-13)15(19)16-11(2)10-20-3/h6-9,11H,4-5,10H2,1-3H3,(H,16,19)(H,17,18). The third-order valence-electron chi connectivity index (χ3n) is 2.70. The maximum Gasteiger partial charge on any atom is 0.251 e. The molecule has 1 unspecified atom stereocenters. The van der Waals surface area contributed by atoms with Gasteiger partial charge in [-0.05, 0) is 37.6 Å². The van der Waals surface area contributed by atoms with E-state index in [2.05, 4.69) is 10.6 Å². The average molecular weight is 278 g/mol. The van der Waals surface area contributed by atoms with Gasteiger partial charge in [-0.3, -0.25) is 9.59 Å². The molecule has 0 saturated carbocycles. The van der Waals surface area contributed by atoms with Crippen LogP contribution >= 0.6 is 0 Å². The normalized spacial score (nSPS) is 11.8. The van der Waals surface area contributed by atoms with Crippen molar-refractivity contribution in [1.82, 2.24) is 5.32 Å². The van der Waals surface area contributed by atoms with Crippen LogP contribution in [0.5, 0.6) is 0 Å². The van der Waals surface area contributed by atoms with Crippen molar-refractivity contribution in [3.63, 3.8) is 0 Å². The molecule has 0 aliphatic rings. The van der Waals surface area contributed by atoms with Gasteiger partial charge in [0, 0.05) is 30.8 Å². The van der Waals surface area contributed by atoms with E-state index in [4.69, 9.17) is 4.74 Å². The van der Waals surface area contributed by atoms with Gasteiger partial charge in [0.15, 0.2) is 0 Å². The highest BCUT2D eigenvalue weighted by molar-refractivity contribution is 5.95. The highest BCUT2D eigenvalue weighted by Crippen LogP contribution is 2.10. The SMILES string of the molecule is CCCC(=O)Nc1ccc(C(=O)NC(C)COC)cc1. The minimum absolute atomic E-state index is 0.0154. The van der Waals surface area contributed by atoms with Crippen LogP contribution in [-0.4, -0.2) is 31.6 Å². The number of amides is 2. The van der Waals surface area contributed by atoms with Gasteiger partial charge in [-0.15, -0.1) is 0 Å². The lowest BCUT2D eigenvalue weighted by molar-refractivity contribution is -0.116. The molecule has 0 aromatic heterocycles. The minimum atomic E-state index is -0.152. The molecule has 5 heteroatoms. The molecule has 0 aliphatic heterocycles. The number of nitrogens with one attached hydrogen (secondary N) is 2. The second kappa shape index (κ2) is 8.32. The number of anilines is 1. The van der Waals surface area contributed by atoms with E-state index >= 15 is 0 Å². The van der Waals surface area contributed by atoms with Crippen molar-refractivity contribution in [3.8, 4) is 0 Å². The fourth-order valence-electron chi connectivity index (χ4n) is 1.75. The molecule has 0 bridgehead atoms. The van der Waals surface area contributed by atoms with Gasteiger partial charge >= 0.3 is 0 Å². The highest BCUT2D eigenvalue weighted by atomic mass is 16.5. The predicted octanol–water partition coefficient (Wildman–Crippen LogP) is 2.19. The monoisotopic (exact) mass is 278 g/mol. The molecule has 110 valence electrons. The zero-order valence-electron chi connectivity index (χ0n) is 12.2. The number of benzene rings is 1. The Morgan fingerprint density at radius 3 is 2.45 bits per heavy atom. The molecule has 1 aromatic carbocycles. The number of carbonyl (C=O) groups is 2. The molecule has 2 N–H and O–H groups in total. The van der Waals surface area contributed by atoms with E-state index in [1.807, 2.05) is 13.8 Å². The summed E-state index contributed by atoms with van der Waals surface area (Å²) in [6, 6.07) is 6.79. The Hall–Kier alpha value is -1.88. The Kier molecular flexibility index (Phi) is 6.73. The van der Waals surface area contributed by atoms with E-state index in [9.17, 15) is 9.59 Å². The first kappa shape index (κ1) is 16.2. The lowest BCUT2D eigenvalue weighted by Crippen LogP contribution is -2.35. The zero-order chi connectivity index (χ0) is 15.0. The molecule has 5 nitrogen and oxygen atoms in total. The van der Waals surface area contributed by atoms with E-state index in [1.165, 1.54) is 0 Å². The minimum Gasteiger partial charge on any atom is -0.383 e. The van der Waals surface area contributed by atoms with Crippen LogP contribution in [0.2, 0.25) is 0 Å². The van der Waals surface area contributed by atoms with Gasteiger partial charge in [-0.2, -0.15) is 0 Å². The van der Waals surface area contributed by atoms with Gasteiger partial charge in [0.2, 0.25) is 5.91 Å². The third-order valence-corrected chi connectivity index (χ3v) is 2.70. The summed E-state index contributed by atoms with van der Waals surface area (Å²) < 4.78 is 4.96. The maximum absolute atomic E-state index is 11.9. The van der Waals surface area contributed by atoms with E-state index in [-0.39, 0.29) is 17.9 Å². The van der Waals surface area contributed by atoms with Crippen molar-refractivity contribution in [2.45, 2.75) is 32.7 Å². The lowest BCUT2D eigenvalue weighted by atomic mass is 10.1. The molecule has 0 aliphatic carbocycles. The summed E-state index contributed by atoms with van der Waals surface area (Å²) in [5.74, 6) is -0.167. The summed E-state index contributed by atoms with van der Waals surface area (Å²) in [5, 5.41) is 5.61. The summed E-state index contributed by atoms with van der Waals surface area (Å²) >= 11 is 0. The van der Waals surface area contributed by atoms with Crippen molar-refractivity contribution >= 4 is 17.5 Å². The van der Waals surface area contributed by atoms with Gasteiger partial charge in [0.1, 0.15) is 0 Å². The van der Waals surface area contributed by atoms with Crippen LogP contribution in [0.3, 0.4) is 0 Å². The van der Waals surface area contributed by atoms with Crippen LogP contribution in [0.4, 0.5) is 5.69 Å². The van der Waals surface area contributed by atoms with Crippen LogP contribution in [0.15, 0.2) is 24.3 Å². The van der Waals surface area contributed by atoms with Crippen molar-refractivity contribution in [2.75, 3.05) is 19.0 Å². The molecular formula is C15H22N2O3. The summed E-state index contributed by atoms with van der Waals surface area (Å²) in [6.45, 7) is 4.30. The molecule has 1 rings (SSSR count). The molecule has 1 atom stereocenters. The zero-order valence-corrected chi connectivity index (χ0v) is 12.2. The highest BCUT2D eigenvalue weighted by Gasteiger charge is 2.09. The van der Waals surface area contributed by atoms with Gasteiger partial charge in [-0.25, -0.2) is 0 Å². The summed E-state index contributed by atoms with van der Waals surface area (Å²) in [4.78, 5) is 23.4. The van der Waals surface area contributed by atoms with Gasteiger partial charge in [-0.1, -0.05) is 6.92 Å². The number of rotatable bonds is 7. The molecule has 0 saturated heterocycles. The molecule has 2 amide bonds. The first-order chi connectivity index (χ1) is 9.56. The topological polar surface area (TPSA) is 67.4 Å². The first-order valence-electron chi connectivity index (χ1n) is 6.76. The fourth-order valence-corrected chi connectivity index (χ4v) is 1.75. The number of hydrogen-bond acceptors (Lipinski definition) is 3. The molecule has 0 fully saturated rings. The van der Waals surface area contributed by atoms with Crippen LogP contribution < -0.4 is 10.6 Å². The molecule has 0 radical (unpaired) electrons. The smallest absolute Gasteiger partial charge is 0.251 e. The van der Waals surface area contributed by atoms with Gasteiger partial charge in [0.05, 0.1) is 6.61 Å². The van der Waals surface area contributed by atoms with Gasteiger partial charge in [0.25, 0.3) is 5.91 Å². The summed E-state index contributed by atoms with van der Waals surface area (Å²) in [6.07, 6.45) is 1.31. The number of ether oxygens (including phenoxy) is 1. The number of carbonyl (C=O) groups excluding carboxylic acids is 2. The largest absolute Gasteiger partial charge is 0.383 e. The van der Waals surface area contributed by atoms with Crippen molar-refractivity contribution in [2.24, 2.45) is 0 Å². The Morgan fingerprint density at radius 1 is 1.25 bits per heavy atom. The van der Waals surface area contributed by atoms with Gasteiger partial charge < -0.3 is 15.4 Å². The van der Waals surface area contributed by atoms with Crippen LogP contribution in [-0.2, 0) is 9.53 Å². The molecule has 20 heavy (non-hydrogen) atoms. The average Bonchev–Trinajstić information content (AvgIpc) is 2.39. The Morgan fingerprint density at radius 2 is 1.90 bits per heavy atom. The maximum atomic E-state index is 11.9. The van der Waals surface area contributed by atoms with E-state index in [0.717, 1.165) is 6.42 Å². The summed E-state index contributed by atoms with van der Waals surface area (Å²) in [5.41, 5.74) is 1.26. The second-order valence-electron chi connectivity index (χ2n) is 4.71. The fraction of sp³-hybridized carbons (Fsp3) is 0.467. The Bertz CT molecular complexity index is 443. The van der Waals surface area contributed by atoms with Crippen molar-refractivity contribution < 1.29 is 14.3 Å². The van der Waals surface area contributed by atoms with Crippen molar-refractivity contribution in [3.05, 3.63) is 29.8 Å². The lowest BCUT2D eigenvalue weighted by Gasteiger charge is -2.13. The molecular weight excluding hydrogens is 256 g/mol. The summed E-state index contributed by atoms with van der Waals surface area (Å²) in [7, 11) is 1.59. The van der Waals surface area contributed by atoms with Crippen LogP contribution in [0.25, 0.3) is 0 Å². The third kappa shape index (κ3) is 5.40. The second-order valence-corrected chi connectivity index (χ2v) is 4.71. The van der Waals surface area contributed by atoms with E-state index in [1.54, 1.807) is 31.4 Å². The van der Waals surface area contributed by atoms with Crippen LogP contribution in [0.1, 0.15) is 37.0 Å². The number of methoxy groups -OCH3 is 1. The molecule has 1 aromatic rings. The first-order valence-corrected chi connectivity index (χ1v) is 6.76. The Labute approximate surface area is 119 Å². The van der Waals surface area contributed by atoms with E-state index < -0.39 is 0 Å². The van der Waals surface area contributed by atoms with Crippen molar-refractivity contribution in [1.29, 1.82) is 0 Å². The van der Waals surface area contributed by atoms with Crippen LogP contribution in [0, 0.1) is 0 Å². The molecule has 0 spiro atoms. The van der Waals surface area contributed by atoms with E-state index in [0.29, 0.717) is 24.3 Å². The molecule has 0 heterocycles. The quantitative estimate of drug-likeness (QED) is 0.803. The Balaban J connectivity index is 2.57.